The molecule has 5 rings (SSSR count). The fraction of sp³-hybridized carbons (Fsp3) is 0.269. The molecule has 2 aromatic carbocycles. The normalized spacial score (nSPS) is 14.5. The number of hydrogen-bond donors (Lipinski definition) is 1. The Hall–Kier alpha value is -3.63. The number of fused-ring (bicyclic) bond motifs is 2. The Morgan fingerprint density at radius 3 is 2.65 bits per heavy atom. The zero-order valence-electron chi connectivity index (χ0n) is 19.9. The molecule has 2 N–H and O–H groups in total. The van der Waals surface area contributed by atoms with Gasteiger partial charge in [-0.15, -0.1) is 0 Å². The average Bonchev–Trinajstić information content (AvgIpc) is 3.32. The highest BCUT2D eigenvalue weighted by molar-refractivity contribution is 6.30. The zero-order valence-corrected chi connectivity index (χ0v) is 20.7. The van der Waals surface area contributed by atoms with Gasteiger partial charge in [0.15, 0.2) is 11.5 Å². The molecule has 192 valence electrons. The topological polar surface area (TPSA) is 94.5 Å². The van der Waals surface area contributed by atoms with Gasteiger partial charge in [0.25, 0.3) is 5.91 Å². The number of ether oxygens (including phenoxy) is 1. The molecule has 37 heavy (non-hydrogen) atoms. The Kier molecular flexibility index (Phi) is 6.33. The van der Waals surface area contributed by atoms with E-state index < -0.39 is 17.9 Å². The summed E-state index contributed by atoms with van der Waals surface area (Å²) < 4.78 is 51.1. The summed E-state index contributed by atoms with van der Waals surface area (Å²) in [6.07, 6.45) is -3.97. The van der Waals surface area contributed by atoms with E-state index in [1.165, 1.54) is 19.2 Å². The Bertz CT molecular complexity index is 1520. The van der Waals surface area contributed by atoms with Crippen LogP contribution in [-0.2, 0) is 19.1 Å². The molecule has 1 unspecified atom stereocenters. The van der Waals surface area contributed by atoms with Gasteiger partial charge < -0.3 is 19.8 Å². The Morgan fingerprint density at radius 1 is 1.16 bits per heavy atom. The van der Waals surface area contributed by atoms with E-state index >= 15 is 0 Å². The van der Waals surface area contributed by atoms with Crippen LogP contribution in [0.5, 0.6) is 5.75 Å². The number of alkyl halides is 3. The molecule has 0 aliphatic carbocycles. The van der Waals surface area contributed by atoms with Crippen LogP contribution in [0.25, 0.3) is 22.4 Å². The third-order valence-corrected chi connectivity index (χ3v) is 6.53. The molecule has 0 saturated heterocycles. The molecule has 1 atom stereocenters. The lowest BCUT2D eigenvalue weighted by Gasteiger charge is -2.28. The van der Waals surface area contributed by atoms with Crippen LogP contribution in [-0.4, -0.2) is 34.4 Å². The van der Waals surface area contributed by atoms with Crippen LogP contribution in [0.4, 0.5) is 13.2 Å². The monoisotopic (exact) mass is 530 g/mol. The number of benzene rings is 2. The van der Waals surface area contributed by atoms with Crippen molar-refractivity contribution in [3.63, 3.8) is 0 Å². The Balaban J connectivity index is 1.57. The predicted octanol–water partition coefficient (Wildman–Crippen LogP) is 5.79. The SMILES string of the molecule is COc1ccc(-c2nc(C(=O)N3CCc4ccc(Cl)cc4C3)c(C(C)N)o2)c2ccc(C(F)(F)F)nc12. The fourth-order valence-corrected chi connectivity index (χ4v) is 4.65. The number of rotatable bonds is 4. The van der Waals surface area contributed by atoms with Gasteiger partial charge in [-0.05, 0) is 60.9 Å². The average molecular weight is 531 g/mol. The molecule has 1 amide bonds. The van der Waals surface area contributed by atoms with Gasteiger partial charge in [-0.2, -0.15) is 13.2 Å². The van der Waals surface area contributed by atoms with Crippen LogP contribution >= 0.6 is 11.6 Å². The minimum Gasteiger partial charge on any atom is -0.494 e. The molecule has 2 aromatic heterocycles. The van der Waals surface area contributed by atoms with E-state index in [-0.39, 0.29) is 34.5 Å². The number of pyridine rings is 1. The van der Waals surface area contributed by atoms with Crippen LogP contribution in [0.2, 0.25) is 5.02 Å². The van der Waals surface area contributed by atoms with Gasteiger partial charge in [0, 0.05) is 29.1 Å². The van der Waals surface area contributed by atoms with E-state index in [4.69, 9.17) is 26.5 Å². The molecule has 11 heteroatoms. The van der Waals surface area contributed by atoms with Gasteiger partial charge in [-0.1, -0.05) is 17.7 Å². The summed E-state index contributed by atoms with van der Waals surface area (Å²) in [5.41, 5.74) is 7.54. The van der Waals surface area contributed by atoms with E-state index in [1.807, 2.05) is 18.2 Å². The first kappa shape index (κ1) is 25.0. The highest BCUT2D eigenvalue weighted by Crippen LogP contribution is 2.37. The van der Waals surface area contributed by atoms with Crippen LogP contribution in [0.15, 0.2) is 46.9 Å². The standard InChI is InChI=1S/C26H22ClF3N4O3/c1-13(31)23-22(25(35)34-10-9-14-3-4-16(27)11-15(14)12-34)33-24(37-23)18-5-7-19(36-2)21-17(18)6-8-20(32-21)26(28,29)30/h3-8,11,13H,9-10,12,31H2,1-2H3. The van der Waals surface area contributed by atoms with E-state index in [0.717, 1.165) is 17.2 Å². The summed E-state index contributed by atoms with van der Waals surface area (Å²) in [5, 5.41) is 0.909. The summed E-state index contributed by atoms with van der Waals surface area (Å²) in [6.45, 7) is 2.49. The summed E-state index contributed by atoms with van der Waals surface area (Å²) >= 11 is 6.14. The first-order valence-electron chi connectivity index (χ1n) is 11.4. The van der Waals surface area contributed by atoms with Gasteiger partial charge in [-0.25, -0.2) is 9.97 Å². The lowest BCUT2D eigenvalue weighted by molar-refractivity contribution is -0.140. The van der Waals surface area contributed by atoms with Gasteiger partial charge in [0.1, 0.15) is 17.0 Å². The number of nitrogens with two attached hydrogens (primary N) is 1. The molecule has 1 aliphatic rings. The maximum absolute atomic E-state index is 13.5. The number of hydrogen-bond acceptors (Lipinski definition) is 6. The molecule has 0 spiro atoms. The minimum atomic E-state index is -4.63. The number of aromatic nitrogens is 2. The van der Waals surface area contributed by atoms with Crippen molar-refractivity contribution >= 4 is 28.4 Å². The third-order valence-electron chi connectivity index (χ3n) is 6.30. The lowest BCUT2D eigenvalue weighted by Crippen LogP contribution is -2.36. The summed E-state index contributed by atoms with van der Waals surface area (Å²) in [4.78, 5) is 23.4. The number of halogens is 4. The van der Waals surface area contributed by atoms with Crippen LogP contribution in [0, 0.1) is 0 Å². The number of oxazole rings is 1. The Morgan fingerprint density at radius 2 is 1.95 bits per heavy atom. The smallest absolute Gasteiger partial charge is 0.433 e. The zero-order chi connectivity index (χ0) is 26.5. The maximum Gasteiger partial charge on any atom is 0.433 e. The third kappa shape index (κ3) is 4.62. The van der Waals surface area contributed by atoms with E-state index in [0.29, 0.717) is 35.5 Å². The Labute approximate surface area is 215 Å². The van der Waals surface area contributed by atoms with E-state index in [2.05, 4.69) is 9.97 Å². The predicted molar refractivity (Wildman–Crippen MR) is 131 cm³/mol. The van der Waals surface area contributed by atoms with Crippen LogP contribution in [0.1, 0.15) is 46.0 Å². The molecule has 4 aromatic rings. The second-order valence-electron chi connectivity index (χ2n) is 8.82. The molecule has 0 bridgehead atoms. The highest BCUT2D eigenvalue weighted by atomic mass is 35.5. The number of amides is 1. The van der Waals surface area contributed by atoms with Gasteiger partial charge in [-0.3, -0.25) is 4.79 Å². The molecule has 7 nitrogen and oxygen atoms in total. The number of methoxy groups -OCH3 is 1. The first-order valence-corrected chi connectivity index (χ1v) is 11.8. The molecule has 0 fully saturated rings. The quantitative estimate of drug-likeness (QED) is 0.359. The molecular formula is C26H22ClF3N4O3. The first-order chi connectivity index (χ1) is 17.6. The second-order valence-corrected chi connectivity index (χ2v) is 9.25. The fourth-order valence-electron chi connectivity index (χ4n) is 4.46. The molecular weight excluding hydrogens is 509 g/mol. The minimum absolute atomic E-state index is 0.00670. The maximum atomic E-state index is 13.5. The van der Waals surface area contributed by atoms with Crippen molar-refractivity contribution in [2.75, 3.05) is 13.7 Å². The summed E-state index contributed by atoms with van der Waals surface area (Å²) in [5.74, 6) is 0.0278. The van der Waals surface area contributed by atoms with Crippen molar-refractivity contribution in [3.8, 4) is 17.2 Å². The van der Waals surface area contributed by atoms with Gasteiger partial charge in [0.2, 0.25) is 5.89 Å². The van der Waals surface area contributed by atoms with Crippen LogP contribution < -0.4 is 10.5 Å². The van der Waals surface area contributed by atoms with Crippen molar-refractivity contribution < 1.29 is 27.1 Å². The summed E-state index contributed by atoms with van der Waals surface area (Å²) in [7, 11) is 1.34. The van der Waals surface area contributed by atoms with Crippen molar-refractivity contribution in [3.05, 3.63) is 75.8 Å². The largest absolute Gasteiger partial charge is 0.494 e. The van der Waals surface area contributed by atoms with E-state index in [9.17, 15) is 18.0 Å². The molecule has 0 radical (unpaired) electrons. The van der Waals surface area contributed by atoms with E-state index in [1.54, 1.807) is 17.9 Å². The van der Waals surface area contributed by atoms with Crippen molar-refractivity contribution in [2.45, 2.75) is 32.1 Å². The number of carbonyl (C=O) groups excluding carboxylic acids is 1. The van der Waals surface area contributed by atoms with Crippen molar-refractivity contribution in [1.82, 2.24) is 14.9 Å². The molecule has 0 saturated carbocycles. The van der Waals surface area contributed by atoms with Crippen LogP contribution in [0.3, 0.4) is 0 Å². The summed E-state index contributed by atoms with van der Waals surface area (Å²) in [6, 6.07) is 10.2. The van der Waals surface area contributed by atoms with Crippen molar-refractivity contribution in [1.29, 1.82) is 0 Å². The van der Waals surface area contributed by atoms with Crippen molar-refractivity contribution in [2.24, 2.45) is 5.73 Å². The second kappa shape index (κ2) is 9.35. The van der Waals surface area contributed by atoms with Gasteiger partial charge in [0.05, 0.1) is 13.2 Å². The number of nitrogens with zero attached hydrogens (tertiary/aromatic N) is 3. The molecule has 1 aliphatic heterocycles. The number of carbonyl (C=O) groups is 1. The highest BCUT2D eigenvalue weighted by Gasteiger charge is 2.34. The lowest BCUT2D eigenvalue weighted by atomic mass is 9.99. The molecule has 3 heterocycles. The van der Waals surface area contributed by atoms with Gasteiger partial charge >= 0.3 is 6.18 Å².